The van der Waals surface area contributed by atoms with E-state index in [4.69, 9.17) is 13.7 Å². The standard InChI is InChI=1S/C23H48BNO4SSi/c1-19(2,3)30(26)25-18(24-27-21(7,8)22(9,10)28-24)17-23(15-13-14-16-23)29-31(11,12)20(4,5)6/h18,25H,13-17H2,1-12H3/t18?,30-/m1/s1. The molecule has 1 aliphatic heterocycles. The summed E-state index contributed by atoms with van der Waals surface area (Å²) in [5, 5.41) is 0.143. The normalized spacial score (nSPS) is 25.6. The van der Waals surface area contributed by atoms with Crippen LogP contribution in [0.1, 0.15) is 101 Å². The van der Waals surface area contributed by atoms with Crippen molar-refractivity contribution in [1.29, 1.82) is 0 Å². The van der Waals surface area contributed by atoms with Crippen molar-refractivity contribution in [3.63, 3.8) is 0 Å². The molecule has 1 N–H and O–H groups in total. The molecule has 0 spiro atoms. The van der Waals surface area contributed by atoms with Crippen molar-refractivity contribution < 1.29 is 18.3 Å². The second-order valence-electron chi connectivity index (χ2n) is 13.2. The molecular weight excluding hydrogens is 425 g/mol. The van der Waals surface area contributed by atoms with Crippen molar-refractivity contribution in [3.8, 4) is 0 Å². The maximum absolute atomic E-state index is 13.1. The molecule has 0 radical (unpaired) electrons. The van der Waals surface area contributed by atoms with E-state index in [-0.39, 0.29) is 21.3 Å². The maximum Gasteiger partial charge on any atom is 0.480 e. The average Bonchev–Trinajstić information content (AvgIpc) is 3.06. The number of nitrogens with one attached hydrogen (secondary N) is 1. The van der Waals surface area contributed by atoms with Crippen molar-refractivity contribution in [2.45, 2.75) is 147 Å². The molecule has 2 fully saturated rings. The molecule has 31 heavy (non-hydrogen) atoms. The molecule has 0 aromatic rings. The highest BCUT2D eigenvalue weighted by Crippen LogP contribution is 2.47. The molecule has 1 unspecified atom stereocenters. The van der Waals surface area contributed by atoms with Crippen LogP contribution in [0.5, 0.6) is 0 Å². The Morgan fingerprint density at radius 1 is 1.00 bits per heavy atom. The van der Waals surface area contributed by atoms with Crippen LogP contribution in [0.15, 0.2) is 0 Å². The van der Waals surface area contributed by atoms with Crippen LogP contribution in [-0.4, -0.2) is 47.5 Å². The van der Waals surface area contributed by atoms with E-state index in [9.17, 15) is 4.55 Å². The van der Waals surface area contributed by atoms with Gasteiger partial charge >= 0.3 is 7.12 Å². The summed E-state index contributed by atoms with van der Waals surface area (Å²) in [6.45, 7) is 25.8. The lowest BCUT2D eigenvalue weighted by Gasteiger charge is -2.45. The zero-order valence-corrected chi connectivity index (χ0v) is 24.0. The summed E-state index contributed by atoms with van der Waals surface area (Å²) in [6.07, 6.45) is 5.18. The Kier molecular flexibility index (Phi) is 7.94. The van der Waals surface area contributed by atoms with Crippen LogP contribution in [0.4, 0.5) is 0 Å². The molecule has 2 rings (SSSR count). The Morgan fingerprint density at radius 2 is 1.45 bits per heavy atom. The molecule has 0 bridgehead atoms. The Hall–Kier alpha value is 0.432. The van der Waals surface area contributed by atoms with Crippen molar-refractivity contribution in [2.24, 2.45) is 0 Å². The predicted molar refractivity (Wildman–Crippen MR) is 135 cm³/mol. The Labute approximate surface area is 196 Å². The topological polar surface area (TPSA) is 62.8 Å². The van der Waals surface area contributed by atoms with E-state index in [1.807, 2.05) is 20.8 Å². The van der Waals surface area contributed by atoms with E-state index < -0.39 is 38.0 Å². The molecule has 0 aromatic carbocycles. The van der Waals surface area contributed by atoms with Crippen LogP contribution in [-0.2, 0) is 25.1 Å². The van der Waals surface area contributed by atoms with Crippen molar-refractivity contribution in [2.75, 3.05) is 0 Å². The van der Waals surface area contributed by atoms with Crippen LogP contribution >= 0.6 is 0 Å². The van der Waals surface area contributed by atoms with Gasteiger partial charge in [-0.3, -0.25) is 0 Å². The highest BCUT2D eigenvalue weighted by Gasteiger charge is 2.57. The van der Waals surface area contributed by atoms with E-state index in [1.54, 1.807) is 0 Å². The molecular formula is C23H48BNO4SSi. The van der Waals surface area contributed by atoms with E-state index in [0.717, 1.165) is 19.3 Å². The molecule has 0 aromatic heterocycles. The molecule has 1 heterocycles. The van der Waals surface area contributed by atoms with Gasteiger partial charge in [0.2, 0.25) is 0 Å². The fourth-order valence-corrected chi connectivity index (χ4v) is 6.52. The lowest BCUT2D eigenvalue weighted by Crippen LogP contribution is -2.57. The molecule has 2 aliphatic rings. The Balaban J connectivity index is 2.34. The summed E-state index contributed by atoms with van der Waals surface area (Å²) in [4.78, 5) is 0. The molecule has 5 nitrogen and oxygen atoms in total. The Morgan fingerprint density at radius 3 is 1.84 bits per heavy atom. The highest BCUT2D eigenvalue weighted by molar-refractivity contribution is 7.90. The van der Waals surface area contributed by atoms with Gasteiger partial charge in [0.05, 0.1) is 22.7 Å². The highest BCUT2D eigenvalue weighted by atomic mass is 32.2. The lowest BCUT2D eigenvalue weighted by atomic mass is 9.72. The van der Waals surface area contributed by atoms with Gasteiger partial charge in [0, 0.05) is 11.4 Å². The second kappa shape index (κ2) is 8.90. The van der Waals surface area contributed by atoms with Crippen LogP contribution in [0, 0.1) is 0 Å². The first-order chi connectivity index (χ1) is 13.7. The largest absolute Gasteiger partial charge is 0.598 e. The van der Waals surface area contributed by atoms with E-state index in [0.29, 0.717) is 0 Å². The third-order valence-electron chi connectivity index (χ3n) is 7.80. The van der Waals surface area contributed by atoms with Crippen LogP contribution < -0.4 is 4.72 Å². The van der Waals surface area contributed by atoms with Gasteiger partial charge in [-0.25, -0.2) is 0 Å². The fourth-order valence-electron chi connectivity index (χ4n) is 4.02. The minimum Gasteiger partial charge on any atom is -0.598 e. The van der Waals surface area contributed by atoms with E-state index in [1.165, 1.54) is 12.8 Å². The summed E-state index contributed by atoms with van der Waals surface area (Å²) in [7, 11) is -2.43. The first-order valence-electron chi connectivity index (χ1n) is 12.0. The van der Waals surface area contributed by atoms with E-state index in [2.05, 4.69) is 66.3 Å². The van der Waals surface area contributed by atoms with Gasteiger partial charge in [-0.15, -0.1) is 4.72 Å². The van der Waals surface area contributed by atoms with Crippen molar-refractivity contribution >= 4 is 26.8 Å². The van der Waals surface area contributed by atoms with Gasteiger partial charge in [0.15, 0.2) is 8.32 Å². The van der Waals surface area contributed by atoms with Gasteiger partial charge < -0.3 is 18.3 Å². The minimum atomic E-state index is -1.97. The monoisotopic (exact) mass is 473 g/mol. The molecule has 1 saturated heterocycles. The molecule has 2 atom stereocenters. The van der Waals surface area contributed by atoms with Crippen LogP contribution in [0.25, 0.3) is 0 Å². The van der Waals surface area contributed by atoms with Gasteiger partial charge in [-0.05, 0) is 85.9 Å². The SMILES string of the molecule is CC(C)(C)[S@@+]([O-])NC(CC1(O[Si](C)(C)C(C)(C)C)CCCC1)B1OC(C)(C)C(C)(C)O1. The molecule has 1 aliphatic carbocycles. The Bertz CT molecular complexity index is 608. The predicted octanol–water partition coefficient (Wildman–Crippen LogP) is 5.76. The molecule has 1 saturated carbocycles. The van der Waals surface area contributed by atoms with Gasteiger partial charge in [0.25, 0.3) is 0 Å². The van der Waals surface area contributed by atoms with E-state index >= 15 is 0 Å². The van der Waals surface area contributed by atoms with Crippen LogP contribution in [0.2, 0.25) is 18.1 Å². The van der Waals surface area contributed by atoms with Gasteiger partial charge in [0.1, 0.15) is 4.75 Å². The maximum atomic E-state index is 13.1. The quantitative estimate of drug-likeness (QED) is 0.376. The fraction of sp³-hybridized carbons (Fsp3) is 1.00. The average molecular weight is 474 g/mol. The summed E-state index contributed by atoms with van der Waals surface area (Å²) in [6, 6.07) is 0. The molecule has 0 amide bonds. The number of rotatable bonds is 7. The smallest absolute Gasteiger partial charge is 0.480 e. The van der Waals surface area contributed by atoms with Gasteiger partial charge in [-0.1, -0.05) is 33.6 Å². The first-order valence-corrected chi connectivity index (χ1v) is 16.0. The summed E-state index contributed by atoms with van der Waals surface area (Å²) in [5.74, 6) is -0.205. The third-order valence-corrected chi connectivity index (χ3v) is 14.0. The second-order valence-corrected chi connectivity index (χ2v) is 19.9. The van der Waals surface area contributed by atoms with Gasteiger partial charge in [-0.2, -0.15) is 0 Å². The summed E-state index contributed by atoms with van der Waals surface area (Å²) in [5.41, 5.74) is -1.07. The zero-order valence-electron chi connectivity index (χ0n) is 22.2. The first kappa shape index (κ1) is 27.7. The molecule has 8 heteroatoms. The third kappa shape index (κ3) is 6.31. The summed E-state index contributed by atoms with van der Waals surface area (Å²) < 4.78 is 36.1. The number of hydrogen-bond acceptors (Lipinski definition) is 5. The number of hydrogen-bond donors (Lipinski definition) is 1. The summed E-state index contributed by atoms with van der Waals surface area (Å²) >= 11 is -1.23. The lowest BCUT2D eigenvalue weighted by molar-refractivity contribution is 0.00578. The van der Waals surface area contributed by atoms with Crippen molar-refractivity contribution in [3.05, 3.63) is 0 Å². The van der Waals surface area contributed by atoms with Crippen molar-refractivity contribution in [1.82, 2.24) is 4.72 Å². The van der Waals surface area contributed by atoms with Crippen LogP contribution in [0.3, 0.4) is 0 Å². The zero-order chi connectivity index (χ0) is 24.1. The molecule has 182 valence electrons. The minimum absolute atomic E-state index is 0.143.